The Kier molecular flexibility index (Phi) is 3.64. The first-order chi connectivity index (χ1) is 8.37. The lowest BCUT2D eigenvalue weighted by Gasteiger charge is -2.26. The Morgan fingerprint density at radius 1 is 1.56 bits per heavy atom. The second-order valence-corrected chi connectivity index (χ2v) is 6.55. The number of rotatable bonds is 0. The lowest BCUT2D eigenvalue weighted by molar-refractivity contribution is 0.0235. The first kappa shape index (κ1) is 13.4. The van der Waals surface area contributed by atoms with Crippen LogP contribution in [0.25, 0.3) is 0 Å². The lowest BCUT2D eigenvalue weighted by Crippen LogP contribution is -2.36. The van der Waals surface area contributed by atoms with Gasteiger partial charge in [0.2, 0.25) is 0 Å². The molecule has 5 heteroatoms. The zero-order valence-electron chi connectivity index (χ0n) is 11.1. The Hall–Kier alpha value is -1.07. The molecule has 18 heavy (non-hydrogen) atoms. The Bertz CT molecular complexity index is 436. The summed E-state index contributed by atoms with van der Waals surface area (Å²) in [4.78, 5) is 15.0. The van der Waals surface area contributed by atoms with Gasteiger partial charge < -0.3 is 15.4 Å². The van der Waals surface area contributed by atoms with Gasteiger partial charge in [0, 0.05) is 17.5 Å². The van der Waals surface area contributed by atoms with Gasteiger partial charge in [-0.25, -0.2) is 4.79 Å². The molecule has 0 saturated carbocycles. The largest absolute Gasteiger partial charge is 0.444 e. The van der Waals surface area contributed by atoms with Gasteiger partial charge in [-0.1, -0.05) is 0 Å². The van der Waals surface area contributed by atoms with Crippen molar-refractivity contribution in [1.29, 1.82) is 0 Å². The molecule has 0 fully saturated rings. The van der Waals surface area contributed by atoms with E-state index in [2.05, 4.69) is 0 Å². The van der Waals surface area contributed by atoms with Crippen molar-refractivity contribution < 1.29 is 9.53 Å². The van der Waals surface area contributed by atoms with Crippen molar-refractivity contribution in [2.45, 2.75) is 45.4 Å². The summed E-state index contributed by atoms with van der Waals surface area (Å²) in [5.74, 6) is 0. The van der Waals surface area contributed by atoms with E-state index in [4.69, 9.17) is 10.5 Å². The van der Waals surface area contributed by atoms with E-state index in [0.29, 0.717) is 13.1 Å². The second kappa shape index (κ2) is 4.90. The number of carbonyl (C=O) groups is 1. The van der Waals surface area contributed by atoms with Gasteiger partial charge in [-0.05, 0) is 44.2 Å². The van der Waals surface area contributed by atoms with Gasteiger partial charge in [0.05, 0.1) is 6.54 Å². The van der Waals surface area contributed by atoms with Crippen LogP contribution in [0.15, 0.2) is 11.4 Å². The van der Waals surface area contributed by atoms with Gasteiger partial charge in [-0.2, -0.15) is 0 Å². The van der Waals surface area contributed by atoms with E-state index in [-0.39, 0.29) is 12.1 Å². The molecule has 0 bridgehead atoms. The highest BCUT2D eigenvalue weighted by molar-refractivity contribution is 7.10. The molecule has 0 radical (unpaired) electrons. The third-order valence-electron chi connectivity index (χ3n) is 2.84. The van der Waals surface area contributed by atoms with Crippen molar-refractivity contribution in [1.82, 2.24) is 4.90 Å². The predicted octanol–water partition coefficient (Wildman–Crippen LogP) is 2.89. The predicted molar refractivity (Wildman–Crippen MR) is 72.5 cm³/mol. The fraction of sp³-hybridized carbons (Fsp3) is 0.615. The standard InChI is InChI=1S/C13H20N2O2S/c1-13(2,3)17-12(16)15-6-4-10(14)11-9(8-15)5-7-18-11/h5,7,10H,4,6,8,14H2,1-3H3. The highest BCUT2D eigenvalue weighted by Crippen LogP contribution is 2.30. The van der Waals surface area contributed by atoms with Crippen LogP contribution in [-0.2, 0) is 11.3 Å². The zero-order chi connectivity index (χ0) is 13.3. The molecular formula is C13H20N2O2S. The van der Waals surface area contributed by atoms with Crippen molar-refractivity contribution in [3.05, 3.63) is 21.9 Å². The van der Waals surface area contributed by atoms with E-state index >= 15 is 0 Å². The van der Waals surface area contributed by atoms with Crippen molar-refractivity contribution in [2.24, 2.45) is 5.73 Å². The molecule has 0 saturated heterocycles. The molecule has 0 spiro atoms. The molecule has 2 rings (SSSR count). The number of nitrogens with zero attached hydrogens (tertiary/aromatic N) is 1. The number of hydrogen-bond acceptors (Lipinski definition) is 4. The minimum Gasteiger partial charge on any atom is -0.444 e. The molecule has 1 atom stereocenters. The molecule has 4 nitrogen and oxygen atoms in total. The highest BCUT2D eigenvalue weighted by Gasteiger charge is 2.27. The summed E-state index contributed by atoms with van der Waals surface area (Å²) >= 11 is 1.67. The van der Waals surface area contributed by atoms with Gasteiger partial charge >= 0.3 is 6.09 Å². The summed E-state index contributed by atoms with van der Waals surface area (Å²) in [5.41, 5.74) is 6.81. The number of thiophene rings is 1. The molecule has 1 unspecified atom stereocenters. The average molecular weight is 268 g/mol. The van der Waals surface area contributed by atoms with Gasteiger partial charge in [-0.15, -0.1) is 11.3 Å². The molecule has 0 aromatic carbocycles. The highest BCUT2D eigenvalue weighted by atomic mass is 32.1. The molecule has 1 aliphatic rings. The Morgan fingerprint density at radius 3 is 2.94 bits per heavy atom. The number of amides is 1. The molecule has 2 N–H and O–H groups in total. The van der Waals surface area contributed by atoms with Crippen molar-refractivity contribution >= 4 is 17.4 Å². The first-order valence-corrected chi connectivity index (χ1v) is 7.04. The Labute approximate surface area is 112 Å². The summed E-state index contributed by atoms with van der Waals surface area (Å²) in [6, 6.07) is 2.08. The van der Waals surface area contributed by atoms with Crippen LogP contribution < -0.4 is 5.73 Å². The molecule has 1 aromatic heterocycles. The number of hydrogen-bond donors (Lipinski definition) is 1. The van der Waals surface area contributed by atoms with Gasteiger partial charge in [0.15, 0.2) is 0 Å². The third-order valence-corrected chi connectivity index (χ3v) is 3.93. The number of nitrogens with two attached hydrogens (primary N) is 1. The average Bonchev–Trinajstić information content (AvgIpc) is 2.63. The van der Waals surface area contributed by atoms with E-state index in [9.17, 15) is 4.79 Å². The zero-order valence-corrected chi connectivity index (χ0v) is 11.9. The summed E-state index contributed by atoms with van der Waals surface area (Å²) in [6.45, 7) is 6.89. The molecule has 1 aliphatic heterocycles. The maximum Gasteiger partial charge on any atom is 0.410 e. The number of fused-ring (bicyclic) bond motifs is 1. The summed E-state index contributed by atoms with van der Waals surface area (Å²) < 4.78 is 5.41. The van der Waals surface area contributed by atoms with Crippen LogP contribution in [0, 0.1) is 0 Å². The fourth-order valence-corrected chi connectivity index (χ4v) is 2.95. The Morgan fingerprint density at radius 2 is 2.28 bits per heavy atom. The summed E-state index contributed by atoms with van der Waals surface area (Å²) in [6.07, 6.45) is 0.529. The molecule has 1 amide bonds. The molecule has 0 aliphatic carbocycles. The monoisotopic (exact) mass is 268 g/mol. The quantitative estimate of drug-likeness (QED) is 0.787. The molecule has 2 heterocycles. The maximum absolute atomic E-state index is 12.1. The smallest absolute Gasteiger partial charge is 0.410 e. The van der Waals surface area contributed by atoms with Crippen LogP contribution in [0.3, 0.4) is 0 Å². The van der Waals surface area contributed by atoms with Crippen molar-refractivity contribution in [3.8, 4) is 0 Å². The normalized spacial score (nSPS) is 20.2. The van der Waals surface area contributed by atoms with Gasteiger partial charge in [0.1, 0.15) is 5.60 Å². The molecular weight excluding hydrogens is 248 g/mol. The van der Waals surface area contributed by atoms with Crippen molar-refractivity contribution in [3.63, 3.8) is 0 Å². The minimum absolute atomic E-state index is 0.0347. The Balaban J connectivity index is 2.11. The second-order valence-electron chi connectivity index (χ2n) is 5.61. The van der Waals surface area contributed by atoms with E-state index < -0.39 is 5.60 Å². The van der Waals surface area contributed by atoms with Crippen LogP contribution in [0.1, 0.15) is 43.7 Å². The van der Waals surface area contributed by atoms with Crippen LogP contribution >= 0.6 is 11.3 Å². The van der Waals surface area contributed by atoms with Crippen LogP contribution in [0.2, 0.25) is 0 Å². The van der Waals surface area contributed by atoms with E-state index in [1.165, 1.54) is 4.88 Å². The molecule has 100 valence electrons. The van der Waals surface area contributed by atoms with Crippen LogP contribution in [-0.4, -0.2) is 23.1 Å². The van der Waals surface area contributed by atoms with E-state index in [1.807, 2.05) is 32.2 Å². The lowest BCUT2D eigenvalue weighted by atomic mass is 10.1. The summed E-state index contributed by atoms with van der Waals surface area (Å²) in [5, 5.41) is 2.03. The van der Waals surface area contributed by atoms with Crippen LogP contribution in [0.5, 0.6) is 0 Å². The van der Waals surface area contributed by atoms with E-state index in [0.717, 1.165) is 12.0 Å². The minimum atomic E-state index is -0.455. The first-order valence-electron chi connectivity index (χ1n) is 6.16. The fourth-order valence-electron chi connectivity index (χ4n) is 2.00. The summed E-state index contributed by atoms with van der Waals surface area (Å²) in [7, 11) is 0. The van der Waals surface area contributed by atoms with Crippen molar-refractivity contribution in [2.75, 3.05) is 6.54 Å². The van der Waals surface area contributed by atoms with Gasteiger partial charge in [-0.3, -0.25) is 0 Å². The molecule has 1 aromatic rings. The van der Waals surface area contributed by atoms with Gasteiger partial charge in [0.25, 0.3) is 0 Å². The maximum atomic E-state index is 12.1. The third kappa shape index (κ3) is 3.03. The number of carbonyl (C=O) groups excluding carboxylic acids is 1. The number of ether oxygens (including phenoxy) is 1. The topological polar surface area (TPSA) is 55.6 Å². The van der Waals surface area contributed by atoms with Crippen LogP contribution in [0.4, 0.5) is 4.79 Å². The SMILES string of the molecule is CC(C)(C)OC(=O)N1CCC(N)c2sccc2C1. The van der Waals surface area contributed by atoms with E-state index in [1.54, 1.807) is 16.2 Å².